The van der Waals surface area contributed by atoms with Gasteiger partial charge in [0, 0.05) is 18.8 Å². The van der Waals surface area contributed by atoms with Crippen molar-refractivity contribution in [3.05, 3.63) is 77.2 Å². The van der Waals surface area contributed by atoms with Crippen LogP contribution in [0.5, 0.6) is 0 Å². The van der Waals surface area contributed by atoms with Crippen LogP contribution in [0.25, 0.3) is 0 Å². The maximum absolute atomic E-state index is 12.4. The molecule has 0 aliphatic heterocycles. The number of amides is 1. The number of carbonyl (C=O) groups is 2. The van der Waals surface area contributed by atoms with Crippen LogP contribution in [0, 0.1) is 13.8 Å². The van der Waals surface area contributed by atoms with Crippen molar-refractivity contribution in [1.29, 1.82) is 0 Å². The Morgan fingerprint density at radius 1 is 0.897 bits per heavy atom. The van der Waals surface area contributed by atoms with E-state index in [4.69, 9.17) is 4.42 Å². The number of furan rings is 1. The summed E-state index contributed by atoms with van der Waals surface area (Å²) in [7, 11) is 0. The number of anilines is 3. The summed E-state index contributed by atoms with van der Waals surface area (Å²) in [5, 5.41) is 18.6. The highest BCUT2D eigenvalue weighted by Gasteiger charge is 2.14. The molecule has 0 spiro atoms. The third-order valence-electron chi connectivity index (χ3n) is 4.38. The molecule has 4 N–H and O–H groups in total. The molecule has 0 radical (unpaired) electrons. The van der Waals surface area contributed by atoms with Crippen molar-refractivity contribution in [3.8, 4) is 0 Å². The molecule has 0 fully saturated rings. The molecule has 7 nitrogen and oxygen atoms in total. The van der Waals surface area contributed by atoms with Gasteiger partial charge < -0.3 is 25.5 Å². The fourth-order valence-electron chi connectivity index (χ4n) is 2.84. The summed E-state index contributed by atoms with van der Waals surface area (Å²) in [5.74, 6) is -0.728. The molecule has 1 heterocycles. The zero-order chi connectivity index (χ0) is 20.8. The number of aromatic carboxylic acids is 1. The zero-order valence-electron chi connectivity index (χ0n) is 16.3. The van der Waals surface area contributed by atoms with E-state index in [-0.39, 0.29) is 11.3 Å². The molecule has 0 aliphatic carbocycles. The Balaban J connectivity index is 1.69. The van der Waals surface area contributed by atoms with Crippen LogP contribution in [0.15, 0.2) is 59.0 Å². The maximum atomic E-state index is 12.4. The third kappa shape index (κ3) is 5.16. The minimum Gasteiger partial charge on any atom is -0.478 e. The Morgan fingerprint density at radius 2 is 1.62 bits per heavy atom. The molecule has 3 aromatic rings. The molecule has 2 aromatic carbocycles. The average molecular weight is 393 g/mol. The monoisotopic (exact) mass is 393 g/mol. The molecule has 0 saturated carbocycles. The van der Waals surface area contributed by atoms with Gasteiger partial charge in [-0.15, -0.1) is 0 Å². The number of carboxylic acid groups (broad SMARTS) is 1. The second kappa shape index (κ2) is 8.97. The van der Waals surface area contributed by atoms with Crippen LogP contribution < -0.4 is 16.0 Å². The molecule has 0 bridgehead atoms. The highest BCUT2D eigenvalue weighted by Crippen LogP contribution is 2.24. The van der Waals surface area contributed by atoms with Crippen LogP contribution >= 0.6 is 0 Å². The lowest BCUT2D eigenvalue weighted by Crippen LogP contribution is -2.17. The van der Waals surface area contributed by atoms with Crippen LogP contribution in [0.2, 0.25) is 0 Å². The van der Waals surface area contributed by atoms with Crippen LogP contribution in [0.3, 0.4) is 0 Å². The number of para-hydroxylation sites is 1. The number of carbonyl (C=O) groups excluding carboxylic acids is 1. The summed E-state index contributed by atoms with van der Waals surface area (Å²) in [5.41, 5.74) is 3.29. The van der Waals surface area contributed by atoms with Gasteiger partial charge in [-0.25, -0.2) is 4.79 Å². The van der Waals surface area contributed by atoms with E-state index in [1.807, 2.05) is 31.2 Å². The molecule has 0 unspecified atom stereocenters. The zero-order valence-corrected chi connectivity index (χ0v) is 16.3. The Bertz CT molecular complexity index is 1030. The van der Waals surface area contributed by atoms with Crippen LogP contribution in [0.4, 0.5) is 17.1 Å². The second-order valence-electron chi connectivity index (χ2n) is 6.60. The Hall–Kier alpha value is -3.74. The van der Waals surface area contributed by atoms with Crippen molar-refractivity contribution in [3.63, 3.8) is 0 Å². The highest BCUT2D eigenvalue weighted by atomic mass is 16.4. The molecule has 3 rings (SSSR count). The first-order valence-corrected chi connectivity index (χ1v) is 9.22. The minimum absolute atomic E-state index is 0.0829. The fraction of sp³-hybridized carbons (Fsp3) is 0.182. The average Bonchev–Trinajstić information content (AvgIpc) is 3.13. The quantitative estimate of drug-likeness (QED) is 0.424. The Morgan fingerprint density at radius 3 is 2.28 bits per heavy atom. The highest BCUT2D eigenvalue weighted by molar-refractivity contribution is 6.05. The van der Waals surface area contributed by atoms with Gasteiger partial charge in [0.25, 0.3) is 5.91 Å². The van der Waals surface area contributed by atoms with Gasteiger partial charge in [-0.1, -0.05) is 18.2 Å². The number of rotatable bonds is 8. The number of hydrogen-bond acceptors (Lipinski definition) is 5. The molecule has 0 atom stereocenters. The maximum Gasteiger partial charge on any atom is 0.335 e. The first-order valence-electron chi connectivity index (χ1n) is 9.22. The third-order valence-corrected chi connectivity index (χ3v) is 4.38. The summed E-state index contributed by atoms with van der Waals surface area (Å²) in [6.45, 7) is 5.00. The lowest BCUT2D eigenvalue weighted by Gasteiger charge is -2.15. The molecule has 7 heteroatoms. The summed E-state index contributed by atoms with van der Waals surface area (Å²) in [6.07, 6.45) is 0. The smallest absolute Gasteiger partial charge is 0.335 e. The molecule has 0 aliphatic rings. The first kappa shape index (κ1) is 20.0. The van der Waals surface area contributed by atoms with Gasteiger partial charge in [-0.05, 0) is 55.8 Å². The van der Waals surface area contributed by atoms with Gasteiger partial charge in [-0.3, -0.25) is 4.79 Å². The van der Waals surface area contributed by atoms with E-state index < -0.39 is 11.9 Å². The van der Waals surface area contributed by atoms with Crippen LogP contribution in [-0.4, -0.2) is 30.1 Å². The predicted molar refractivity (Wildman–Crippen MR) is 113 cm³/mol. The molecule has 0 saturated heterocycles. The largest absolute Gasteiger partial charge is 0.478 e. The Kier molecular flexibility index (Phi) is 6.19. The van der Waals surface area contributed by atoms with E-state index in [1.54, 1.807) is 25.1 Å². The SMILES string of the molecule is Cc1ccc(C(=O)Nc2cc(C(=O)O)ccc2NCCNc2ccccc2C)o1. The van der Waals surface area contributed by atoms with E-state index in [9.17, 15) is 14.7 Å². The van der Waals surface area contributed by atoms with Gasteiger partial charge in [0.2, 0.25) is 0 Å². The van der Waals surface area contributed by atoms with Crippen molar-refractivity contribution in [2.24, 2.45) is 0 Å². The molecule has 1 amide bonds. The van der Waals surface area contributed by atoms with Gasteiger partial charge in [-0.2, -0.15) is 0 Å². The van der Waals surface area contributed by atoms with Crippen molar-refractivity contribution in [1.82, 2.24) is 0 Å². The van der Waals surface area contributed by atoms with Crippen molar-refractivity contribution < 1.29 is 19.1 Å². The molecular weight excluding hydrogens is 370 g/mol. The van der Waals surface area contributed by atoms with E-state index in [1.165, 1.54) is 12.1 Å². The molecule has 29 heavy (non-hydrogen) atoms. The van der Waals surface area contributed by atoms with E-state index >= 15 is 0 Å². The van der Waals surface area contributed by atoms with Crippen LogP contribution in [-0.2, 0) is 0 Å². The first-order chi connectivity index (χ1) is 13.9. The summed E-state index contributed by atoms with van der Waals surface area (Å²) in [6, 6.07) is 15.8. The fourth-order valence-corrected chi connectivity index (χ4v) is 2.84. The second-order valence-corrected chi connectivity index (χ2v) is 6.60. The predicted octanol–water partition coefficient (Wildman–Crippen LogP) is 4.37. The Labute approximate surface area is 168 Å². The number of aryl methyl sites for hydroxylation is 2. The van der Waals surface area contributed by atoms with Crippen molar-refractivity contribution >= 4 is 28.9 Å². The number of benzene rings is 2. The van der Waals surface area contributed by atoms with Gasteiger partial charge in [0.05, 0.1) is 16.9 Å². The molecular formula is C22H23N3O4. The summed E-state index contributed by atoms with van der Waals surface area (Å²) >= 11 is 0. The minimum atomic E-state index is -1.07. The van der Waals surface area contributed by atoms with Gasteiger partial charge >= 0.3 is 5.97 Å². The lowest BCUT2D eigenvalue weighted by atomic mass is 10.1. The van der Waals surface area contributed by atoms with E-state index in [2.05, 4.69) is 16.0 Å². The van der Waals surface area contributed by atoms with Crippen LogP contribution in [0.1, 0.15) is 32.2 Å². The number of carboxylic acids is 1. The van der Waals surface area contributed by atoms with E-state index in [0.29, 0.717) is 30.2 Å². The molecule has 150 valence electrons. The van der Waals surface area contributed by atoms with Crippen molar-refractivity contribution in [2.45, 2.75) is 13.8 Å². The van der Waals surface area contributed by atoms with Crippen molar-refractivity contribution in [2.75, 3.05) is 29.0 Å². The molecule has 1 aromatic heterocycles. The van der Waals surface area contributed by atoms with Gasteiger partial charge in [0.15, 0.2) is 5.76 Å². The van der Waals surface area contributed by atoms with E-state index in [0.717, 1.165) is 11.3 Å². The standard InChI is InChI=1S/C22H23N3O4/c1-14-5-3-4-6-17(14)23-11-12-24-18-9-8-16(22(27)28)13-19(18)25-21(26)20-10-7-15(2)29-20/h3-10,13,23-24H,11-12H2,1-2H3,(H,25,26)(H,27,28). The number of hydrogen-bond donors (Lipinski definition) is 4. The number of nitrogens with one attached hydrogen (secondary N) is 3. The normalized spacial score (nSPS) is 10.4. The topological polar surface area (TPSA) is 104 Å². The lowest BCUT2D eigenvalue weighted by molar-refractivity contribution is 0.0696. The van der Waals surface area contributed by atoms with Gasteiger partial charge in [0.1, 0.15) is 5.76 Å². The summed E-state index contributed by atoms with van der Waals surface area (Å²) < 4.78 is 5.34. The summed E-state index contributed by atoms with van der Waals surface area (Å²) in [4.78, 5) is 23.7.